The zero-order valence-electron chi connectivity index (χ0n) is 14.5. The maximum absolute atomic E-state index is 12.9. The predicted octanol–water partition coefficient (Wildman–Crippen LogP) is 0.827. The molecule has 26 heavy (non-hydrogen) atoms. The van der Waals surface area contributed by atoms with E-state index >= 15 is 0 Å². The molecule has 0 radical (unpaired) electrons. The van der Waals surface area contributed by atoms with E-state index < -0.39 is 11.2 Å². The highest BCUT2D eigenvalue weighted by molar-refractivity contribution is 6.05. The molecule has 1 aliphatic rings. The number of aromatic nitrogens is 3. The molecule has 132 valence electrons. The number of carbonyl (C=O) groups is 1. The molecular formula is C19H18N4O3. The monoisotopic (exact) mass is 350 g/mol. The van der Waals surface area contributed by atoms with Gasteiger partial charge in [-0.25, -0.2) is 9.78 Å². The van der Waals surface area contributed by atoms with Crippen LogP contribution in [0.25, 0.3) is 11.0 Å². The Balaban J connectivity index is 1.73. The minimum atomic E-state index is -0.601. The van der Waals surface area contributed by atoms with Crippen molar-refractivity contribution in [1.29, 1.82) is 0 Å². The highest BCUT2D eigenvalue weighted by Gasteiger charge is 2.25. The highest BCUT2D eigenvalue weighted by Crippen LogP contribution is 2.22. The van der Waals surface area contributed by atoms with Gasteiger partial charge in [0.25, 0.3) is 11.5 Å². The maximum Gasteiger partial charge on any atom is 0.329 e. The summed E-state index contributed by atoms with van der Waals surface area (Å²) in [5, 5.41) is 3.15. The second-order valence-corrected chi connectivity index (χ2v) is 6.68. The van der Waals surface area contributed by atoms with Gasteiger partial charge >= 0.3 is 5.69 Å². The molecule has 0 spiro atoms. The lowest BCUT2D eigenvalue weighted by Gasteiger charge is -2.14. The van der Waals surface area contributed by atoms with Crippen molar-refractivity contribution in [2.45, 2.75) is 25.8 Å². The minimum Gasteiger partial charge on any atom is -0.349 e. The van der Waals surface area contributed by atoms with Gasteiger partial charge in [-0.1, -0.05) is 24.3 Å². The molecule has 2 heterocycles. The molecule has 0 fully saturated rings. The van der Waals surface area contributed by atoms with Crippen molar-refractivity contribution in [3.8, 4) is 0 Å². The van der Waals surface area contributed by atoms with Gasteiger partial charge in [0.15, 0.2) is 0 Å². The van der Waals surface area contributed by atoms with Gasteiger partial charge in [0.2, 0.25) is 0 Å². The Bertz CT molecular complexity index is 1130. The molecule has 1 amide bonds. The van der Waals surface area contributed by atoms with Crippen LogP contribution in [0.1, 0.15) is 27.2 Å². The second-order valence-electron chi connectivity index (χ2n) is 6.68. The summed E-state index contributed by atoms with van der Waals surface area (Å²) in [7, 11) is 1.52. The molecule has 0 bridgehead atoms. The highest BCUT2D eigenvalue weighted by atomic mass is 16.2. The normalized spacial score (nSPS) is 13.8. The fourth-order valence-electron chi connectivity index (χ4n) is 3.57. The Morgan fingerprint density at radius 3 is 2.54 bits per heavy atom. The van der Waals surface area contributed by atoms with Gasteiger partial charge in [-0.05, 0) is 37.0 Å². The first-order chi connectivity index (χ1) is 12.4. The van der Waals surface area contributed by atoms with E-state index in [9.17, 15) is 14.4 Å². The van der Waals surface area contributed by atoms with E-state index in [1.54, 1.807) is 13.0 Å². The molecule has 0 unspecified atom stereocenters. The Morgan fingerprint density at radius 2 is 1.88 bits per heavy atom. The van der Waals surface area contributed by atoms with Crippen LogP contribution in [0.5, 0.6) is 0 Å². The summed E-state index contributed by atoms with van der Waals surface area (Å²) in [5.41, 5.74) is 2.31. The number of nitrogens with one attached hydrogen (secondary N) is 2. The van der Waals surface area contributed by atoms with Gasteiger partial charge in [0.1, 0.15) is 5.65 Å². The molecule has 7 nitrogen and oxygen atoms in total. The summed E-state index contributed by atoms with van der Waals surface area (Å²) < 4.78 is 1.24. The Labute approximate surface area is 148 Å². The van der Waals surface area contributed by atoms with Crippen LogP contribution in [0.15, 0.2) is 39.9 Å². The standard InChI is InChI=1S/C19H18N4O3/c1-10-7-14(15-16(20-10)23(2)19(26)22-18(15)25)17(24)21-13-8-11-5-3-4-6-12(11)9-13/h3-7,13H,8-9H2,1-2H3,(H,21,24)(H,22,25,26). The molecule has 7 heteroatoms. The minimum absolute atomic E-state index is 0.0185. The summed E-state index contributed by atoms with van der Waals surface area (Å²) in [6.07, 6.45) is 1.53. The first kappa shape index (κ1) is 16.3. The van der Waals surface area contributed by atoms with E-state index in [1.807, 2.05) is 12.1 Å². The van der Waals surface area contributed by atoms with E-state index in [4.69, 9.17) is 0 Å². The Kier molecular flexibility index (Phi) is 3.72. The molecule has 3 aromatic rings. The van der Waals surface area contributed by atoms with Crippen molar-refractivity contribution < 1.29 is 4.79 Å². The van der Waals surface area contributed by atoms with Gasteiger partial charge in [-0.15, -0.1) is 0 Å². The number of rotatable bonds is 2. The topological polar surface area (TPSA) is 96.9 Å². The fraction of sp³-hybridized carbons (Fsp3) is 0.263. The van der Waals surface area contributed by atoms with Gasteiger partial charge in [0, 0.05) is 18.8 Å². The lowest BCUT2D eigenvalue weighted by molar-refractivity contribution is 0.0940. The van der Waals surface area contributed by atoms with E-state index in [-0.39, 0.29) is 28.5 Å². The Hall–Kier alpha value is -3.22. The average Bonchev–Trinajstić information content (AvgIpc) is 3.01. The van der Waals surface area contributed by atoms with Gasteiger partial charge < -0.3 is 5.32 Å². The zero-order valence-corrected chi connectivity index (χ0v) is 14.5. The van der Waals surface area contributed by atoms with Crippen LogP contribution in [0, 0.1) is 6.92 Å². The van der Waals surface area contributed by atoms with Crippen molar-refractivity contribution in [2.24, 2.45) is 7.05 Å². The van der Waals surface area contributed by atoms with Crippen LogP contribution < -0.4 is 16.6 Å². The number of nitrogens with zero attached hydrogens (tertiary/aromatic N) is 2. The van der Waals surface area contributed by atoms with Gasteiger partial charge in [-0.2, -0.15) is 0 Å². The van der Waals surface area contributed by atoms with Crippen LogP contribution in [-0.4, -0.2) is 26.5 Å². The number of H-pyrrole nitrogens is 1. The molecular weight excluding hydrogens is 332 g/mol. The summed E-state index contributed by atoms with van der Waals surface area (Å²) in [4.78, 5) is 43.5. The average molecular weight is 350 g/mol. The summed E-state index contributed by atoms with van der Waals surface area (Å²) in [5.74, 6) is -0.331. The van der Waals surface area contributed by atoms with E-state index in [0.717, 1.165) is 12.8 Å². The second kappa shape index (κ2) is 5.94. The summed E-state index contributed by atoms with van der Waals surface area (Å²) >= 11 is 0. The molecule has 0 saturated carbocycles. The summed E-state index contributed by atoms with van der Waals surface area (Å²) in [6, 6.07) is 9.67. The number of hydrogen-bond acceptors (Lipinski definition) is 4. The third-order valence-electron chi connectivity index (χ3n) is 4.83. The van der Waals surface area contributed by atoms with Crippen LogP contribution in [0.2, 0.25) is 0 Å². The number of aromatic amines is 1. The molecule has 0 aliphatic heterocycles. The zero-order chi connectivity index (χ0) is 18.4. The molecule has 4 rings (SSSR count). The first-order valence-electron chi connectivity index (χ1n) is 8.42. The number of fused-ring (bicyclic) bond motifs is 2. The Morgan fingerprint density at radius 1 is 1.23 bits per heavy atom. The van der Waals surface area contributed by atoms with E-state index in [2.05, 4.69) is 27.4 Å². The molecule has 1 aromatic carbocycles. The number of benzene rings is 1. The lowest BCUT2D eigenvalue weighted by Crippen LogP contribution is -2.37. The number of hydrogen-bond donors (Lipinski definition) is 2. The van der Waals surface area contributed by atoms with Gasteiger partial charge in [-0.3, -0.25) is 19.1 Å². The first-order valence-corrected chi connectivity index (χ1v) is 8.42. The van der Waals surface area contributed by atoms with Crippen LogP contribution >= 0.6 is 0 Å². The smallest absolute Gasteiger partial charge is 0.329 e. The maximum atomic E-state index is 12.9. The molecule has 2 N–H and O–H groups in total. The van der Waals surface area contributed by atoms with Crippen LogP contribution in [-0.2, 0) is 19.9 Å². The molecule has 1 aliphatic carbocycles. The third-order valence-corrected chi connectivity index (χ3v) is 4.83. The summed E-state index contributed by atoms with van der Waals surface area (Å²) in [6.45, 7) is 1.73. The predicted molar refractivity (Wildman–Crippen MR) is 97.4 cm³/mol. The SMILES string of the molecule is Cc1cc(C(=O)NC2Cc3ccccc3C2)c2c(=O)[nH]c(=O)n(C)c2n1. The van der Waals surface area contributed by atoms with E-state index in [0.29, 0.717) is 5.69 Å². The van der Waals surface area contributed by atoms with Crippen LogP contribution in [0.4, 0.5) is 0 Å². The van der Waals surface area contributed by atoms with Crippen molar-refractivity contribution in [1.82, 2.24) is 19.9 Å². The van der Waals surface area contributed by atoms with Crippen molar-refractivity contribution in [2.75, 3.05) is 0 Å². The largest absolute Gasteiger partial charge is 0.349 e. The molecule has 0 atom stereocenters. The van der Waals surface area contributed by atoms with Crippen molar-refractivity contribution >= 4 is 16.9 Å². The number of pyridine rings is 1. The third kappa shape index (κ3) is 2.61. The number of aryl methyl sites for hydroxylation is 2. The number of carbonyl (C=O) groups excluding carboxylic acids is 1. The van der Waals surface area contributed by atoms with Crippen molar-refractivity contribution in [3.63, 3.8) is 0 Å². The fourth-order valence-corrected chi connectivity index (χ4v) is 3.57. The van der Waals surface area contributed by atoms with E-state index in [1.165, 1.54) is 22.7 Å². The van der Waals surface area contributed by atoms with Gasteiger partial charge in [0.05, 0.1) is 10.9 Å². The van der Waals surface area contributed by atoms with Crippen molar-refractivity contribution in [3.05, 3.63) is 73.6 Å². The van der Waals surface area contributed by atoms with Crippen LogP contribution in [0.3, 0.4) is 0 Å². The molecule has 2 aromatic heterocycles. The molecule has 0 saturated heterocycles. The number of amides is 1. The quantitative estimate of drug-likeness (QED) is 0.715. The lowest BCUT2D eigenvalue weighted by atomic mass is 10.1.